The van der Waals surface area contributed by atoms with Crippen LogP contribution in [0.25, 0.3) is 0 Å². The van der Waals surface area contributed by atoms with Crippen LogP contribution in [0.5, 0.6) is 5.75 Å². The lowest BCUT2D eigenvalue weighted by atomic mass is 9.95. The predicted molar refractivity (Wildman–Crippen MR) is 62.2 cm³/mol. The highest BCUT2D eigenvalue weighted by Crippen LogP contribution is 2.21. The van der Waals surface area contributed by atoms with Crippen LogP contribution in [0.15, 0.2) is 18.2 Å². The molecule has 1 atom stereocenters. The van der Waals surface area contributed by atoms with Gasteiger partial charge in [0.25, 0.3) is 0 Å². The van der Waals surface area contributed by atoms with Crippen molar-refractivity contribution < 1.29 is 15.0 Å². The molecule has 0 bridgehead atoms. The van der Waals surface area contributed by atoms with E-state index in [9.17, 15) is 9.90 Å². The minimum atomic E-state index is -0.166. The van der Waals surface area contributed by atoms with Gasteiger partial charge in [0.1, 0.15) is 11.5 Å². The van der Waals surface area contributed by atoms with Gasteiger partial charge in [0.15, 0.2) is 0 Å². The first-order chi connectivity index (χ1) is 7.52. The van der Waals surface area contributed by atoms with Gasteiger partial charge in [-0.3, -0.25) is 0 Å². The Hall–Kier alpha value is -1.35. The normalized spacial score (nSPS) is 12.4. The SMILES string of the molecule is CC(=O)CC(C)Cc1ccc(O)c(CO)c1. The van der Waals surface area contributed by atoms with Gasteiger partial charge in [0.05, 0.1) is 6.61 Å². The van der Waals surface area contributed by atoms with E-state index in [-0.39, 0.29) is 24.1 Å². The zero-order valence-electron chi connectivity index (χ0n) is 9.73. The number of ketones is 1. The van der Waals surface area contributed by atoms with E-state index < -0.39 is 0 Å². The van der Waals surface area contributed by atoms with Crippen molar-refractivity contribution in [1.29, 1.82) is 0 Å². The molecular weight excluding hydrogens is 204 g/mol. The number of Topliss-reactive ketones (excluding diaryl/α,β-unsaturated/α-hetero) is 1. The Morgan fingerprint density at radius 2 is 2.12 bits per heavy atom. The molecule has 3 nitrogen and oxygen atoms in total. The van der Waals surface area contributed by atoms with Crippen molar-refractivity contribution in [2.24, 2.45) is 5.92 Å². The second-order valence-corrected chi connectivity index (χ2v) is 4.34. The molecule has 2 N–H and O–H groups in total. The first-order valence-corrected chi connectivity index (χ1v) is 5.44. The van der Waals surface area contributed by atoms with Crippen molar-refractivity contribution in [3.63, 3.8) is 0 Å². The number of carbonyl (C=O) groups excluding carboxylic acids is 1. The summed E-state index contributed by atoms with van der Waals surface area (Å²) in [6, 6.07) is 5.19. The van der Waals surface area contributed by atoms with E-state index in [0.29, 0.717) is 12.0 Å². The number of phenols is 1. The van der Waals surface area contributed by atoms with Gasteiger partial charge in [-0.1, -0.05) is 13.0 Å². The number of carbonyl (C=O) groups is 1. The zero-order chi connectivity index (χ0) is 12.1. The fourth-order valence-electron chi connectivity index (χ4n) is 1.86. The topological polar surface area (TPSA) is 57.5 Å². The summed E-state index contributed by atoms with van der Waals surface area (Å²) in [6.07, 6.45) is 1.35. The minimum Gasteiger partial charge on any atom is -0.508 e. The highest BCUT2D eigenvalue weighted by atomic mass is 16.3. The molecule has 0 saturated heterocycles. The van der Waals surface area contributed by atoms with Crippen molar-refractivity contribution in [3.8, 4) is 5.75 Å². The monoisotopic (exact) mass is 222 g/mol. The lowest BCUT2D eigenvalue weighted by molar-refractivity contribution is -0.117. The standard InChI is InChI=1S/C13H18O3/c1-9(5-10(2)15)6-11-3-4-13(16)12(7-11)8-14/h3-4,7,9,14,16H,5-6,8H2,1-2H3. The molecule has 0 aliphatic carbocycles. The van der Waals surface area contributed by atoms with E-state index in [4.69, 9.17) is 5.11 Å². The molecule has 88 valence electrons. The number of aliphatic hydroxyl groups excluding tert-OH is 1. The largest absolute Gasteiger partial charge is 0.508 e. The van der Waals surface area contributed by atoms with Crippen LogP contribution in [-0.4, -0.2) is 16.0 Å². The summed E-state index contributed by atoms with van der Waals surface area (Å²) in [5, 5.41) is 18.4. The molecule has 0 spiro atoms. The summed E-state index contributed by atoms with van der Waals surface area (Å²) < 4.78 is 0. The minimum absolute atomic E-state index is 0.116. The highest BCUT2D eigenvalue weighted by molar-refractivity contribution is 5.75. The Kier molecular flexibility index (Phi) is 4.50. The average Bonchev–Trinajstić information content (AvgIpc) is 2.19. The molecular formula is C13H18O3. The summed E-state index contributed by atoms with van der Waals surface area (Å²) in [7, 11) is 0. The molecule has 0 aliphatic rings. The van der Waals surface area contributed by atoms with Gasteiger partial charge in [0, 0.05) is 12.0 Å². The van der Waals surface area contributed by atoms with Crippen LogP contribution in [0.4, 0.5) is 0 Å². The third-order valence-electron chi connectivity index (χ3n) is 2.53. The van der Waals surface area contributed by atoms with Gasteiger partial charge < -0.3 is 15.0 Å². The molecule has 1 aromatic carbocycles. The first kappa shape index (κ1) is 12.7. The second-order valence-electron chi connectivity index (χ2n) is 4.34. The number of benzene rings is 1. The van der Waals surface area contributed by atoms with Crippen molar-refractivity contribution >= 4 is 5.78 Å². The Labute approximate surface area is 95.7 Å². The van der Waals surface area contributed by atoms with Crippen LogP contribution in [0.2, 0.25) is 0 Å². The molecule has 0 radical (unpaired) electrons. The van der Waals surface area contributed by atoms with Crippen LogP contribution in [0.1, 0.15) is 31.4 Å². The number of hydrogen-bond donors (Lipinski definition) is 2. The number of aromatic hydroxyl groups is 1. The van der Waals surface area contributed by atoms with Crippen LogP contribution in [0, 0.1) is 5.92 Å². The summed E-state index contributed by atoms with van der Waals surface area (Å²) in [6.45, 7) is 3.44. The molecule has 0 saturated carbocycles. The zero-order valence-corrected chi connectivity index (χ0v) is 9.73. The summed E-state index contributed by atoms with van der Waals surface area (Å²) in [5.74, 6) is 0.590. The molecule has 1 aromatic rings. The molecule has 1 unspecified atom stereocenters. The maximum Gasteiger partial charge on any atom is 0.130 e. The second kappa shape index (κ2) is 5.66. The van der Waals surface area contributed by atoms with E-state index >= 15 is 0 Å². The third-order valence-corrected chi connectivity index (χ3v) is 2.53. The molecule has 0 amide bonds. The van der Waals surface area contributed by atoms with E-state index in [1.54, 1.807) is 19.1 Å². The van der Waals surface area contributed by atoms with Gasteiger partial charge in [-0.05, 0) is 37.0 Å². The van der Waals surface area contributed by atoms with Gasteiger partial charge >= 0.3 is 0 Å². The third kappa shape index (κ3) is 3.66. The van der Waals surface area contributed by atoms with E-state index in [0.717, 1.165) is 12.0 Å². The van der Waals surface area contributed by atoms with Crippen molar-refractivity contribution in [2.45, 2.75) is 33.3 Å². The molecule has 0 aliphatic heterocycles. The maximum absolute atomic E-state index is 10.9. The van der Waals surface area contributed by atoms with Crippen molar-refractivity contribution in [1.82, 2.24) is 0 Å². The molecule has 0 fully saturated rings. The van der Waals surface area contributed by atoms with Gasteiger partial charge in [-0.15, -0.1) is 0 Å². The summed E-state index contributed by atoms with van der Waals surface area (Å²) >= 11 is 0. The fraction of sp³-hybridized carbons (Fsp3) is 0.462. The van der Waals surface area contributed by atoms with E-state index in [2.05, 4.69) is 0 Å². The van der Waals surface area contributed by atoms with Crippen molar-refractivity contribution in [3.05, 3.63) is 29.3 Å². The molecule has 16 heavy (non-hydrogen) atoms. The van der Waals surface area contributed by atoms with E-state index in [1.807, 2.05) is 13.0 Å². The lowest BCUT2D eigenvalue weighted by Crippen LogP contribution is -2.05. The summed E-state index contributed by atoms with van der Waals surface area (Å²) in [5.41, 5.74) is 1.57. The molecule has 3 heteroatoms. The maximum atomic E-state index is 10.9. The Balaban J connectivity index is 2.70. The Bertz CT molecular complexity index is 371. The highest BCUT2D eigenvalue weighted by Gasteiger charge is 2.08. The number of rotatable bonds is 5. The fourth-order valence-corrected chi connectivity index (χ4v) is 1.86. The molecule has 0 heterocycles. The van der Waals surface area contributed by atoms with Crippen LogP contribution in [-0.2, 0) is 17.8 Å². The predicted octanol–water partition coefficient (Wildman–Crippen LogP) is 2.04. The van der Waals surface area contributed by atoms with Gasteiger partial charge in [-0.25, -0.2) is 0 Å². The van der Waals surface area contributed by atoms with Gasteiger partial charge in [0.2, 0.25) is 0 Å². The van der Waals surface area contributed by atoms with Crippen LogP contribution < -0.4 is 0 Å². The number of aliphatic hydroxyl groups is 1. The quantitative estimate of drug-likeness (QED) is 0.801. The molecule has 0 aromatic heterocycles. The number of hydrogen-bond acceptors (Lipinski definition) is 3. The first-order valence-electron chi connectivity index (χ1n) is 5.44. The summed E-state index contributed by atoms with van der Waals surface area (Å²) in [4.78, 5) is 10.9. The van der Waals surface area contributed by atoms with E-state index in [1.165, 1.54) is 0 Å². The van der Waals surface area contributed by atoms with Crippen LogP contribution >= 0.6 is 0 Å². The van der Waals surface area contributed by atoms with Crippen LogP contribution in [0.3, 0.4) is 0 Å². The molecule has 1 rings (SSSR count). The smallest absolute Gasteiger partial charge is 0.130 e. The Morgan fingerprint density at radius 3 is 2.69 bits per heavy atom. The van der Waals surface area contributed by atoms with Gasteiger partial charge in [-0.2, -0.15) is 0 Å². The lowest BCUT2D eigenvalue weighted by Gasteiger charge is -2.10. The van der Waals surface area contributed by atoms with Crippen molar-refractivity contribution in [2.75, 3.05) is 0 Å². The Morgan fingerprint density at radius 1 is 1.44 bits per heavy atom. The average molecular weight is 222 g/mol.